The average molecular weight is 992 g/mol. The van der Waals surface area contributed by atoms with Gasteiger partial charge in [-0.3, -0.25) is 27.6 Å². The maximum Gasteiger partial charge on any atom is 0.295 e. The number of ether oxygens (including phenoxy) is 1. The second-order valence-corrected chi connectivity index (χ2v) is 23.5. The fourth-order valence-electron chi connectivity index (χ4n) is 9.12. The Bertz CT molecular complexity index is 3000. The normalized spacial score (nSPS) is 20.1. The smallest absolute Gasteiger partial charge is 0.295 e. The number of nitrogens with zero attached hydrogens (tertiary/aromatic N) is 2. The summed E-state index contributed by atoms with van der Waals surface area (Å²) in [5.41, 5.74) is -0.0351. The van der Waals surface area contributed by atoms with Gasteiger partial charge in [-0.15, -0.1) is 0 Å². The van der Waals surface area contributed by atoms with Crippen LogP contribution < -0.4 is 4.90 Å². The van der Waals surface area contributed by atoms with Crippen LogP contribution in [0.1, 0.15) is 83.3 Å². The van der Waals surface area contributed by atoms with E-state index in [9.17, 15) is 69.6 Å². The summed E-state index contributed by atoms with van der Waals surface area (Å²) in [7, 11) is -23.8. The van der Waals surface area contributed by atoms with Crippen LogP contribution in [-0.2, 0) is 71.0 Å². The van der Waals surface area contributed by atoms with Crippen LogP contribution in [0.3, 0.4) is 0 Å². The maximum atomic E-state index is 12.8. The lowest BCUT2D eigenvalue weighted by Gasteiger charge is -2.31. The van der Waals surface area contributed by atoms with Crippen LogP contribution in [0.4, 0.5) is 11.4 Å². The van der Waals surface area contributed by atoms with Gasteiger partial charge in [-0.25, -0.2) is 0 Å². The van der Waals surface area contributed by atoms with Crippen molar-refractivity contribution >= 4 is 84.9 Å². The fourth-order valence-corrected chi connectivity index (χ4v) is 12.3. The van der Waals surface area contributed by atoms with Crippen molar-refractivity contribution in [2.24, 2.45) is 0 Å². The average Bonchev–Trinajstić information content (AvgIpc) is 3.54. The SMILES string of the molecule is CCCC1(C)C(/C=C/C=C2/N(CCCS(=O)(=O)O)c3ccc4c(S(=O)(=O)O)cc(S(=O)(=O)O)cc4c3C2(C)CCCCCOC=O)=[N+](CCCS(=O)(=O)O)c2cccc(S(=O)(=O)O)c21. The first-order valence-corrected chi connectivity index (χ1v) is 27.6. The Morgan fingerprint density at radius 2 is 1.36 bits per heavy atom. The van der Waals surface area contributed by atoms with E-state index in [4.69, 9.17) is 4.74 Å². The predicted molar refractivity (Wildman–Crippen MR) is 236 cm³/mol. The first kappa shape index (κ1) is 50.9. The van der Waals surface area contributed by atoms with E-state index in [-0.39, 0.29) is 60.2 Å². The molecule has 0 saturated carbocycles. The van der Waals surface area contributed by atoms with Gasteiger partial charge in [0.2, 0.25) is 5.69 Å². The molecule has 5 rings (SSSR count). The molecule has 0 saturated heterocycles. The summed E-state index contributed by atoms with van der Waals surface area (Å²) < 4.78 is 180. The second kappa shape index (κ2) is 19.0. The van der Waals surface area contributed by atoms with Crippen LogP contribution in [0, 0.1) is 0 Å². The lowest BCUT2D eigenvalue weighted by Crippen LogP contribution is -2.32. The van der Waals surface area contributed by atoms with E-state index in [0.717, 1.165) is 6.07 Å². The molecule has 2 atom stereocenters. The fraction of sp³-hybridized carbons (Fsp3) is 0.450. The number of allylic oxidation sites excluding steroid dienone is 4. The highest BCUT2D eigenvalue weighted by Crippen LogP contribution is 2.54. The monoisotopic (exact) mass is 991 g/mol. The molecule has 2 unspecified atom stereocenters. The first-order valence-electron chi connectivity index (χ1n) is 20.0. The van der Waals surface area contributed by atoms with Gasteiger partial charge in [-0.05, 0) is 80.8 Å². The summed E-state index contributed by atoms with van der Waals surface area (Å²) in [5, 5.41) is -0.0863. The molecule has 0 fully saturated rings. The quantitative estimate of drug-likeness (QED) is 0.0372. The summed E-state index contributed by atoms with van der Waals surface area (Å²) >= 11 is 0. The Labute approximate surface area is 373 Å². The van der Waals surface area contributed by atoms with Crippen LogP contribution in [0.5, 0.6) is 0 Å². The highest BCUT2D eigenvalue weighted by Gasteiger charge is 2.50. The number of benzene rings is 3. The van der Waals surface area contributed by atoms with Crippen molar-refractivity contribution in [3.63, 3.8) is 0 Å². The molecule has 0 aliphatic carbocycles. The summed E-state index contributed by atoms with van der Waals surface area (Å²) in [6.07, 6.45) is 7.23. The van der Waals surface area contributed by atoms with E-state index >= 15 is 0 Å². The van der Waals surface area contributed by atoms with E-state index in [1.54, 1.807) is 47.6 Å². The van der Waals surface area contributed by atoms with Gasteiger partial charge in [0, 0.05) is 47.3 Å². The number of fused-ring (bicyclic) bond motifs is 4. The van der Waals surface area contributed by atoms with Gasteiger partial charge < -0.3 is 9.64 Å². The van der Waals surface area contributed by atoms with Crippen LogP contribution in [0.15, 0.2) is 81.1 Å². The summed E-state index contributed by atoms with van der Waals surface area (Å²) in [5.74, 6) is -1.28. The van der Waals surface area contributed by atoms with Crippen molar-refractivity contribution in [2.45, 2.75) is 97.7 Å². The van der Waals surface area contributed by atoms with Crippen molar-refractivity contribution < 1.29 is 79.0 Å². The van der Waals surface area contributed by atoms with Crippen molar-refractivity contribution in [3.8, 4) is 0 Å². The Hall–Kier alpha value is -4.11. The van der Waals surface area contributed by atoms with Crippen LogP contribution in [0.2, 0.25) is 0 Å². The van der Waals surface area contributed by atoms with Crippen LogP contribution in [-0.4, -0.2) is 113 Å². The third kappa shape index (κ3) is 11.1. The topological polar surface area (TPSA) is 304 Å². The number of hydrogen-bond acceptors (Lipinski definition) is 13. The number of unbranched alkanes of at least 4 members (excludes halogenated alkanes) is 2. The highest BCUT2D eigenvalue weighted by molar-refractivity contribution is 7.87. The Morgan fingerprint density at radius 1 is 0.703 bits per heavy atom. The molecule has 3 aromatic rings. The van der Waals surface area contributed by atoms with Crippen molar-refractivity contribution in [1.29, 1.82) is 0 Å². The minimum atomic E-state index is -5.11. The molecule has 5 N–H and O–H groups in total. The van der Waals surface area contributed by atoms with Crippen molar-refractivity contribution in [1.82, 2.24) is 0 Å². The molecule has 2 aliphatic rings. The molecule has 24 heteroatoms. The number of hydrogen-bond donors (Lipinski definition) is 5. The molecule has 19 nitrogen and oxygen atoms in total. The van der Waals surface area contributed by atoms with E-state index in [1.165, 1.54) is 24.3 Å². The molecule has 2 heterocycles. The van der Waals surface area contributed by atoms with Gasteiger partial charge in [0.15, 0.2) is 5.71 Å². The van der Waals surface area contributed by atoms with Gasteiger partial charge in [0.25, 0.3) is 57.1 Å². The molecule has 0 radical (unpaired) electrons. The second-order valence-electron chi connectivity index (χ2n) is 16.1. The van der Waals surface area contributed by atoms with Gasteiger partial charge >= 0.3 is 0 Å². The summed E-state index contributed by atoms with van der Waals surface area (Å²) in [4.78, 5) is 10.5. The molecular formula is C40H51N2O17S5+. The highest BCUT2D eigenvalue weighted by atomic mass is 32.2. The van der Waals surface area contributed by atoms with Crippen molar-refractivity contribution in [2.75, 3.05) is 36.1 Å². The third-order valence-corrected chi connectivity index (χ3v) is 15.9. The standard InChI is InChI=1S/C40H50N2O17S5/c1-4-18-39(2)35(41(20-10-23-60(44,45)46)31-12-8-13-33(38(31)39)63(53,54)55)14-9-15-36-40(3,19-6-5-7-22-59-27-43)37-30-25-28(62(50,51)52)26-34(64(56,57)58)29(30)16-17-32(37)42(36)21-11-24-61(47,48)49/h8-9,12-17,25-27H,4-7,10-11,18-24H2,1-3H3,(H4-,44,45,46,47,48,49,50,51,52,53,54,55,56,57,58)/p+1. The zero-order valence-electron chi connectivity index (χ0n) is 35.1. The number of carbonyl (C=O) groups is 1. The Balaban J connectivity index is 1.82. The summed E-state index contributed by atoms with van der Waals surface area (Å²) in [6.45, 7) is 5.75. The molecule has 64 heavy (non-hydrogen) atoms. The van der Waals surface area contributed by atoms with Crippen LogP contribution in [0.25, 0.3) is 10.8 Å². The zero-order valence-corrected chi connectivity index (χ0v) is 39.2. The maximum absolute atomic E-state index is 12.8. The number of anilines is 1. The van der Waals surface area contributed by atoms with Crippen molar-refractivity contribution in [3.05, 3.63) is 77.5 Å². The molecule has 0 aromatic heterocycles. The molecule has 0 spiro atoms. The van der Waals surface area contributed by atoms with E-state index < -0.39 is 82.7 Å². The van der Waals surface area contributed by atoms with Gasteiger partial charge in [-0.2, -0.15) is 46.7 Å². The third-order valence-electron chi connectivity index (χ3n) is 11.6. The van der Waals surface area contributed by atoms with Gasteiger partial charge in [0.05, 0.1) is 34.0 Å². The largest absolute Gasteiger partial charge is 0.468 e. The molecule has 3 aromatic carbocycles. The molecule has 352 valence electrons. The minimum Gasteiger partial charge on any atom is -0.468 e. The lowest BCUT2D eigenvalue weighted by atomic mass is 9.74. The van der Waals surface area contributed by atoms with E-state index in [0.29, 0.717) is 73.0 Å². The Morgan fingerprint density at radius 3 is 1.95 bits per heavy atom. The molecule has 0 amide bonds. The molecular weight excluding hydrogens is 941 g/mol. The number of carbonyl (C=O) groups excluding carboxylic acids is 1. The van der Waals surface area contributed by atoms with E-state index in [2.05, 4.69) is 0 Å². The number of rotatable bonds is 22. The molecule has 2 aliphatic heterocycles. The van der Waals surface area contributed by atoms with E-state index in [1.807, 2.05) is 6.92 Å². The Kier molecular flexibility index (Phi) is 15.1. The minimum absolute atomic E-state index is 0.0121. The zero-order chi connectivity index (χ0) is 47.7. The molecule has 0 bridgehead atoms. The van der Waals surface area contributed by atoms with Gasteiger partial charge in [0.1, 0.15) is 16.3 Å². The lowest BCUT2D eigenvalue weighted by molar-refractivity contribution is -0.437. The predicted octanol–water partition coefficient (Wildman–Crippen LogP) is 5.24. The van der Waals surface area contributed by atoms with Crippen LogP contribution >= 0.6 is 0 Å². The summed E-state index contributed by atoms with van der Waals surface area (Å²) in [6, 6.07) is 8.86. The first-order chi connectivity index (χ1) is 29.6. The van der Waals surface area contributed by atoms with Gasteiger partial charge in [-0.1, -0.05) is 44.4 Å².